The van der Waals surface area contributed by atoms with Crippen LogP contribution in [0.1, 0.15) is 90.9 Å². The molecule has 0 amide bonds. The van der Waals surface area contributed by atoms with Gasteiger partial charge in [0.05, 0.1) is 11.5 Å². The molecule has 0 spiro atoms. The molecule has 0 heterocycles. The maximum absolute atomic E-state index is 11.8. The van der Waals surface area contributed by atoms with Crippen molar-refractivity contribution in [2.75, 3.05) is 11.5 Å². The minimum atomic E-state index is -4.67. The van der Waals surface area contributed by atoms with Gasteiger partial charge in [0.1, 0.15) is 9.84 Å². The number of hydrogen-bond acceptors (Lipinski definition) is 4. The van der Waals surface area contributed by atoms with E-state index in [4.69, 9.17) is 17.5 Å². The second kappa shape index (κ2) is 16.3. The first-order valence-electron chi connectivity index (χ1n) is 9.02. The van der Waals surface area contributed by atoms with E-state index in [1.807, 2.05) is 0 Å². The molecule has 0 aliphatic heterocycles. The number of unbranched alkanes of at least 4 members (excludes halogenated alkanes) is 10. The van der Waals surface area contributed by atoms with E-state index in [-0.39, 0.29) is 0 Å². The second-order valence-electron chi connectivity index (χ2n) is 6.14. The lowest BCUT2D eigenvalue weighted by Gasteiger charge is -2.04. The molecule has 8 heteroatoms. The summed E-state index contributed by atoms with van der Waals surface area (Å²) >= 11 is 0. The third-order valence-corrected chi connectivity index (χ3v) is 5.44. The van der Waals surface area contributed by atoms with Crippen molar-refractivity contribution in [3.05, 3.63) is 0 Å². The molecule has 0 bridgehead atoms. The Labute approximate surface area is 148 Å². The SMILES string of the molecule is CCCCCCCCS(=O)(=O)CCCCCCCC.O=S(=O)(O)O. The van der Waals surface area contributed by atoms with Gasteiger partial charge in [-0.1, -0.05) is 78.1 Å². The van der Waals surface area contributed by atoms with E-state index in [0.717, 1.165) is 25.7 Å². The molecule has 0 fully saturated rings. The summed E-state index contributed by atoms with van der Waals surface area (Å²) in [7, 11) is -7.43. The van der Waals surface area contributed by atoms with E-state index in [2.05, 4.69) is 13.8 Å². The zero-order valence-corrected chi connectivity index (χ0v) is 16.9. The van der Waals surface area contributed by atoms with E-state index in [9.17, 15) is 8.42 Å². The van der Waals surface area contributed by atoms with Gasteiger partial charge in [-0.25, -0.2) is 8.42 Å². The Kier molecular flexibility index (Phi) is 17.7. The largest absolute Gasteiger partial charge is 0.394 e. The van der Waals surface area contributed by atoms with Gasteiger partial charge in [0, 0.05) is 0 Å². The van der Waals surface area contributed by atoms with Crippen LogP contribution in [0.2, 0.25) is 0 Å². The van der Waals surface area contributed by atoms with E-state index in [1.165, 1.54) is 51.4 Å². The molecule has 0 rings (SSSR count). The fraction of sp³-hybridized carbons (Fsp3) is 1.00. The first kappa shape index (κ1) is 26.1. The van der Waals surface area contributed by atoms with Crippen LogP contribution in [0.15, 0.2) is 0 Å². The van der Waals surface area contributed by atoms with Crippen LogP contribution in [0.3, 0.4) is 0 Å². The summed E-state index contributed by atoms with van der Waals surface area (Å²) in [4.78, 5) is 0. The summed E-state index contributed by atoms with van der Waals surface area (Å²) in [5.41, 5.74) is 0. The van der Waals surface area contributed by atoms with Crippen LogP contribution in [0.25, 0.3) is 0 Å². The van der Waals surface area contributed by atoms with Gasteiger partial charge in [-0.2, -0.15) is 8.42 Å². The average molecular weight is 389 g/mol. The predicted octanol–water partition coefficient (Wildman–Crippen LogP) is 4.47. The monoisotopic (exact) mass is 388 g/mol. The molecule has 0 unspecified atom stereocenters. The van der Waals surface area contributed by atoms with Gasteiger partial charge in [0.2, 0.25) is 0 Å². The molecule has 0 aromatic heterocycles. The Morgan fingerprint density at radius 3 is 1.08 bits per heavy atom. The standard InChI is InChI=1S/C16H34O2S.H2O4S/c1-3-5-7-9-11-13-15-19(17,18)16-14-12-10-8-6-4-2;1-5(2,3)4/h3-16H2,1-2H3;(H2,1,2,3,4). The van der Waals surface area contributed by atoms with Crippen molar-refractivity contribution < 1.29 is 25.9 Å². The Morgan fingerprint density at radius 2 is 0.792 bits per heavy atom. The first-order chi connectivity index (χ1) is 11.1. The van der Waals surface area contributed by atoms with Crippen LogP contribution in [-0.4, -0.2) is 37.4 Å². The van der Waals surface area contributed by atoms with Gasteiger partial charge < -0.3 is 0 Å². The van der Waals surface area contributed by atoms with Gasteiger partial charge in [0.25, 0.3) is 0 Å². The maximum Gasteiger partial charge on any atom is 0.394 e. The van der Waals surface area contributed by atoms with Crippen LogP contribution in [0.5, 0.6) is 0 Å². The van der Waals surface area contributed by atoms with Crippen LogP contribution >= 0.6 is 0 Å². The topological polar surface area (TPSA) is 109 Å². The third-order valence-electron chi connectivity index (χ3n) is 3.62. The van der Waals surface area contributed by atoms with E-state index >= 15 is 0 Å². The summed E-state index contributed by atoms with van der Waals surface area (Å²) in [6, 6.07) is 0. The molecule has 0 radical (unpaired) electrons. The molecule has 0 saturated carbocycles. The second-order valence-corrected chi connectivity index (χ2v) is 9.33. The average Bonchev–Trinajstić information content (AvgIpc) is 2.44. The van der Waals surface area contributed by atoms with Gasteiger partial charge in [-0.15, -0.1) is 0 Å². The fourth-order valence-corrected chi connectivity index (χ4v) is 3.80. The number of rotatable bonds is 14. The molecule has 148 valence electrons. The minimum Gasteiger partial charge on any atom is -0.264 e. The van der Waals surface area contributed by atoms with Gasteiger partial charge in [-0.05, 0) is 12.8 Å². The van der Waals surface area contributed by atoms with Crippen molar-refractivity contribution in [3.8, 4) is 0 Å². The molecule has 0 aromatic carbocycles. The highest BCUT2D eigenvalue weighted by Gasteiger charge is 2.09. The minimum absolute atomic E-state index is 0.411. The third kappa shape index (κ3) is 29.8. The molecule has 0 saturated heterocycles. The molecule has 0 aliphatic carbocycles. The number of sulfone groups is 1. The van der Waals surface area contributed by atoms with Crippen molar-refractivity contribution in [1.82, 2.24) is 0 Å². The zero-order chi connectivity index (χ0) is 18.9. The Hall–Kier alpha value is -0.180. The van der Waals surface area contributed by atoms with Gasteiger partial charge in [0.15, 0.2) is 0 Å². The van der Waals surface area contributed by atoms with Crippen molar-refractivity contribution in [3.63, 3.8) is 0 Å². The molecule has 24 heavy (non-hydrogen) atoms. The molecule has 6 nitrogen and oxygen atoms in total. The maximum atomic E-state index is 11.8. The summed E-state index contributed by atoms with van der Waals surface area (Å²) in [6.45, 7) is 4.40. The number of hydrogen-bond donors (Lipinski definition) is 2. The lowest BCUT2D eigenvalue weighted by molar-refractivity contribution is 0.381. The normalized spacial score (nSPS) is 11.8. The highest BCUT2D eigenvalue weighted by Crippen LogP contribution is 2.09. The van der Waals surface area contributed by atoms with E-state index < -0.39 is 20.2 Å². The Bertz CT molecular complexity index is 427. The zero-order valence-electron chi connectivity index (χ0n) is 15.2. The van der Waals surface area contributed by atoms with E-state index in [1.54, 1.807) is 0 Å². The van der Waals surface area contributed by atoms with Crippen molar-refractivity contribution in [1.29, 1.82) is 0 Å². The van der Waals surface area contributed by atoms with Crippen LogP contribution in [0.4, 0.5) is 0 Å². The summed E-state index contributed by atoms with van der Waals surface area (Å²) in [5, 5.41) is 0. The Morgan fingerprint density at radius 1 is 0.542 bits per heavy atom. The first-order valence-corrected chi connectivity index (χ1v) is 12.2. The lowest BCUT2D eigenvalue weighted by Crippen LogP contribution is -2.11. The molecule has 0 aliphatic rings. The molecule has 0 aromatic rings. The fourth-order valence-electron chi connectivity index (χ4n) is 2.31. The predicted molar refractivity (Wildman–Crippen MR) is 99.6 cm³/mol. The molecular formula is C16H36O6S2. The van der Waals surface area contributed by atoms with Gasteiger partial charge >= 0.3 is 10.4 Å². The van der Waals surface area contributed by atoms with Crippen LogP contribution in [-0.2, 0) is 20.2 Å². The molecule has 2 N–H and O–H groups in total. The van der Waals surface area contributed by atoms with Crippen LogP contribution in [0, 0.1) is 0 Å². The molecule has 0 atom stereocenters. The highest BCUT2D eigenvalue weighted by molar-refractivity contribution is 7.91. The van der Waals surface area contributed by atoms with Crippen LogP contribution < -0.4 is 0 Å². The molecular weight excluding hydrogens is 352 g/mol. The van der Waals surface area contributed by atoms with Gasteiger partial charge in [-0.3, -0.25) is 9.11 Å². The van der Waals surface area contributed by atoms with Crippen molar-refractivity contribution in [2.45, 2.75) is 90.9 Å². The van der Waals surface area contributed by atoms with E-state index in [0.29, 0.717) is 11.5 Å². The quantitative estimate of drug-likeness (QED) is 0.336. The summed E-state index contributed by atoms with van der Waals surface area (Å²) in [5.74, 6) is 0.822. The highest BCUT2D eigenvalue weighted by atomic mass is 32.3. The van der Waals surface area contributed by atoms with Crippen molar-refractivity contribution >= 4 is 20.2 Å². The van der Waals surface area contributed by atoms with Crippen molar-refractivity contribution in [2.24, 2.45) is 0 Å². The smallest absolute Gasteiger partial charge is 0.264 e. The summed E-state index contributed by atoms with van der Waals surface area (Å²) < 4.78 is 55.2. The lowest BCUT2D eigenvalue weighted by atomic mass is 10.1. The summed E-state index contributed by atoms with van der Waals surface area (Å²) in [6.07, 6.45) is 13.8. The Balaban J connectivity index is 0.